The maximum absolute atomic E-state index is 11.5. The molecule has 0 fully saturated rings. The monoisotopic (exact) mass is 302 g/mol. The molecule has 1 aromatic heterocycles. The Morgan fingerprint density at radius 1 is 1.53 bits per heavy atom. The van der Waals surface area contributed by atoms with E-state index in [1.165, 1.54) is 11.5 Å². The van der Waals surface area contributed by atoms with Crippen LogP contribution >= 0.6 is 23.3 Å². The number of thioether (sulfide) groups is 1. The van der Waals surface area contributed by atoms with Crippen LogP contribution in [-0.4, -0.2) is 33.1 Å². The molecule has 3 N–H and O–H groups in total. The number of nitrogens with zero attached hydrogens (tertiary/aromatic N) is 2. The van der Waals surface area contributed by atoms with Gasteiger partial charge in [0, 0.05) is 12.2 Å². The second kappa shape index (κ2) is 7.81. The number of aromatic nitrogens is 2. The number of hydrogen-bond donors (Lipinski definition) is 2. The number of hydrogen-bond acceptors (Lipinski definition) is 6. The van der Waals surface area contributed by atoms with Gasteiger partial charge in [-0.2, -0.15) is 4.37 Å². The average Bonchev–Trinajstić information content (AvgIpc) is 2.84. The Hall–Kier alpha value is -0.660. The molecule has 108 valence electrons. The van der Waals surface area contributed by atoms with Gasteiger partial charge in [-0.15, -0.1) is 0 Å². The molecule has 0 saturated carbocycles. The van der Waals surface area contributed by atoms with E-state index in [0.29, 0.717) is 6.42 Å². The first-order valence-corrected chi connectivity index (χ1v) is 8.28. The fourth-order valence-electron chi connectivity index (χ4n) is 1.48. The SMILES string of the molecule is CCCNC(C)(CCSc1nc(CC)ns1)C(N)=O. The van der Waals surface area contributed by atoms with E-state index >= 15 is 0 Å². The molecule has 5 nitrogen and oxygen atoms in total. The minimum Gasteiger partial charge on any atom is -0.368 e. The van der Waals surface area contributed by atoms with Crippen molar-refractivity contribution in [2.75, 3.05) is 12.3 Å². The number of carbonyl (C=O) groups excluding carboxylic acids is 1. The lowest BCUT2D eigenvalue weighted by molar-refractivity contribution is -0.123. The van der Waals surface area contributed by atoms with Crippen LogP contribution in [0.4, 0.5) is 0 Å². The highest BCUT2D eigenvalue weighted by Crippen LogP contribution is 2.23. The van der Waals surface area contributed by atoms with Crippen molar-refractivity contribution in [2.45, 2.75) is 49.9 Å². The highest BCUT2D eigenvalue weighted by atomic mass is 32.2. The summed E-state index contributed by atoms with van der Waals surface area (Å²) < 4.78 is 5.19. The predicted molar refractivity (Wildman–Crippen MR) is 80.5 cm³/mol. The largest absolute Gasteiger partial charge is 0.368 e. The molecule has 1 unspecified atom stereocenters. The van der Waals surface area contributed by atoms with Crippen LogP contribution in [0.2, 0.25) is 0 Å². The van der Waals surface area contributed by atoms with Gasteiger partial charge < -0.3 is 11.1 Å². The topological polar surface area (TPSA) is 80.9 Å². The van der Waals surface area contributed by atoms with E-state index in [0.717, 1.165) is 35.3 Å². The summed E-state index contributed by atoms with van der Waals surface area (Å²) in [5, 5.41) is 3.23. The fraction of sp³-hybridized carbons (Fsp3) is 0.750. The molecule has 1 rings (SSSR count). The van der Waals surface area contributed by atoms with Crippen molar-refractivity contribution in [1.82, 2.24) is 14.7 Å². The molecule has 1 atom stereocenters. The lowest BCUT2D eigenvalue weighted by Crippen LogP contribution is -2.53. The molecule has 19 heavy (non-hydrogen) atoms. The smallest absolute Gasteiger partial charge is 0.237 e. The maximum atomic E-state index is 11.5. The standard InChI is InChI=1S/C12H22N4OS2/c1-4-7-14-12(3,10(13)17)6-8-18-11-15-9(5-2)16-19-11/h14H,4-8H2,1-3H3,(H2,13,17). The first kappa shape index (κ1) is 16.4. The molecule has 0 aliphatic carbocycles. The molecule has 0 radical (unpaired) electrons. The first-order chi connectivity index (χ1) is 9.01. The van der Waals surface area contributed by atoms with Gasteiger partial charge in [0.15, 0.2) is 4.34 Å². The molecule has 0 aliphatic rings. The molecule has 7 heteroatoms. The second-order valence-corrected chi connectivity index (χ2v) is 6.65. The van der Waals surface area contributed by atoms with Gasteiger partial charge in [0.05, 0.1) is 5.54 Å². The Morgan fingerprint density at radius 3 is 2.79 bits per heavy atom. The van der Waals surface area contributed by atoms with Gasteiger partial charge in [0.25, 0.3) is 0 Å². The number of nitrogens with two attached hydrogens (primary N) is 1. The molecule has 0 spiro atoms. The van der Waals surface area contributed by atoms with E-state index in [9.17, 15) is 4.79 Å². The first-order valence-electron chi connectivity index (χ1n) is 6.52. The molecule has 0 aromatic carbocycles. The van der Waals surface area contributed by atoms with E-state index in [2.05, 4.69) is 21.6 Å². The van der Waals surface area contributed by atoms with Crippen molar-refractivity contribution < 1.29 is 4.79 Å². The Kier molecular flexibility index (Phi) is 6.74. The number of rotatable bonds is 9. The maximum Gasteiger partial charge on any atom is 0.237 e. The summed E-state index contributed by atoms with van der Waals surface area (Å²) in [4.78, 5) is 15.9. The third kappa shape index (κ3) is 5.08. The van der Waals surface area contributed by atoms with Gasteiger partial charge in [-0.3, -0.25) is 4.79 Å². The highest BCUT2D eigenvalue weighted by molar-refractivity contribution is 8.00. The van der Waals surface area contributed by atoms with Crippen molar-refractivity contribution >= 4 is 29.2 Å². The van der Waals surface area contributed by atoms with Crippen LogP contribution in [0.15, 0.2) is 4.34 Å². The molecular weight excluding hydrogens is 280 g/mol. The molecule has 0 saturated heterocycles. The zero-order valence-corrected chi connectivity index (χ0v) is 13.4. The normalized spacial score (nSPS) is 14.3. The van der Waals surface area contributed by atoms with E-state index in [1.807, 2.05) is 13.8 Å². The van der Waals surface area contributed by atoms with Crippen LogP contribution in [0, 0.1) is 0 Å². The molecule has 0 aliphatic heterocycles. The number of primary amides is 1. The van der Waals surface area contributed by atoms with Gasteiger partial charge in [-0.25, -0.2) is 4.98 Å². The zero-order chi connectivity index (χ0) is 14.3. The molecular formula is C12H22N4OS2. The Labute approximate surface area is 122 Å². The lowest BCUT2D eigenvalue weighted by atomic mass is 9.98. The van der Waals surface area contributed by atoms with Crippen LogP contribution in [0.1, 0.15) is 39.4 Å². The Balaban J connectivity index is 2.45. The summed E-state index contributed by atoms with van der Waals surface area (Å²) in [6, 6.07) is 0. The summed E-state index contributed by atoms with van der Waals surface area (Å²) in [7, 11) is 0. The van der Waals surface area contributed by atoms with Crippen LogP contribution in [0.25, 0.3) is 0 Å². The van der Waals surface area contributed by atoms with Crippen molar-refractivity contribution in [2.24, 2.45) is 5.73 Å². The van der Waals surface area contributed by atoms with Gasteiger partial charge in [0.1, 0.15) is 5.82 Å². The summed E-state index contributed by atoms with van der Waals surface area (Å²) in [5.41, 5.74) is 4.84. The summed E-state index contributed by atoms with van der Waals surface area (Å²) in [6.07, 6.45) is 2.52. The van der Waals surface area contributed by atoms with Crippen LogP contribution in [-0.2, 0) is 11.2 Å². The lowest BCUT2D eigenvalue weighted by Gasteiger charge is -2.27. The van der Waals surface area contributed by atoms with Crippen LogP contribution < -0.4 is 11.1 Å². The van der Waals surface area contributed by atoms with Crippen LogP contribution in [0.5, 0.6) is 0 Å². The van der Waals surface area contributed by atoms with Crippen molar-refractivity contribution in [3.63, 3.8) is 0 Å². The number of nitrogens with one attached hydrogen (secondary N) is 1. The van der Waals surface area contributed by atoms with Crippen molar-refractivity contribution in [1.29, 1.82) is 0 Å². The van der Waals surface area contributed by atoms with E-state index in [1.54, 1.807) is 11.8 Å². The quantitative estimate of drug-likeness (QED) is 0.680. The van der Waals surface area contributed by atoms with Crippen LogP contribution in [0.3, 0.4) is 0 Å². The zero-order valence-electron chi connectivity index (χ0n) is 11.7. The Morgan fingerprint density at radius 2 is 2.26 bits per heavy atom. The fourth-order valence-corrected chi connectivity index (χ4v) is 3.41. The van der Waals surface area contributed by atoms with Gasteiger partial charge in [0.2, 0.25) is 5.91 Å². The average molecular weight is 302 g/mol. The minimum atomic E-state index is -0.638. The minimum absolute atomic E-state index is 0.298. The third-order valence-corrected chi connectivity index (χ3v) is 4.78. The summed E-state index contributed by atoms with van der Waals surface area (Å²) >= 11 is 3.05. The second-order valence-electron chi connectivity index (χ2n) is 4.55. The number of carbonyl (C=O) groups is 1. The highest BCUT2D eigenvalue weighted by Gasteiger charge is 2.29. The Bertz CT molecular complexity index is 410. The molecule has 1 heterocycles. The van der Waals surface area contributed by atoms with Crippen molar-refractivity contribution in [3.8, 4) is 0 Å². The number of amides is 1. The summed E-state index contributed by atoms with van der Waals surface area (Å²) in [5.74, 6) is 1.39. The van der Waals surface area contributed by atoms with Crippen molar-refractivity contribution in [3.05, 3.63) is 5.82 Å². The summed E-state index contributed by atoms with van der Waals surface area (Å²) in [6.45, 7) is 6.76. The molecule has 1 amide bonds. The van der Waals surface area contributed by atoms with Gasteiger partial charge in [-0.1, -0.05) is 25.6 Å². The molecule has 1 aromatic rings. The van der Waals surface area contributed by atoms with E-state index < -0.39 is 5.54 Å². The van der Waals surface area contributed by atoms with Gasteiger partial charge >= 0.3 is 0 Å². The van der Waals surface area contributed by atoms with E-state index in [4.69, 9.17) is 5.73 Å². The predicted octanol–water partition coefficient (Wildman–Crippen LogP) is 1.83. The molecule has 0 bridgehead atoms. The van der Waals surface area contributed by atoms with Gasteiger partial charge in [-0.05, 0) is 37.8 Å². The third-order valence-electron chi connectivity index (χ3n) is 2.90. The number of aryl methyl sites for hydroxylation is 1. The van der Waals surface area contributed by atoms with E-state index in [-0.39, 0.29) is 5.91 Å².